The van der Waals surface area contributed by atoms with Crippen LogP contribution in [0.2, 0.25) is 0 Å². The molecule has 1 fully saturated rings. The van der Waals surface area contributed by atoms with E-state index >= 15 is 0 Å². The van der Waals surface area contributed by atoms with Crippen LogP contribution in [0.4, 0.5) is 10.3 Å². The summed E-state index contributed by atoms with van der Waals surface area (Å²) in [5.74, 6) is 1.21. The molecule has 0 aliphatic carbocycles. The van der Waals surface area contributed by atoms with Crippen molar-refractivity contribution in [3.05, 3.63) is 35.6 Å². The van der Waals surface area contributed by atoms with Crippen molar-refractivity contribution in [1.29, 1.82) is 0 Å². The molecule has 1 aromatic carbocycles. The molecule has 1 atom stereocenters. The van der Waals surface area contributed by atoms with Crippen molar-refractivity contribution >= 4 is 17.7 Å². The van der Waals surface area contributed by atoms with Gasteiger partial charge >= 0.3 is 0 Å². The maximum Gasteiger partial charge on any atom is 0.228 e. The molecule has 0 unspecified atom stereocenters. The molecule has 136 valence electrons. The highest BCUT2D eigenvalue weighted by atomic mass is 32.2. The van der Waals surface area contributed by atoms with Gasteiger partial charge in [0.1, 0.15) is 5.82 Å². The zero-order valence-corrected chi connectivity index (χ0v) is 15.8. The summed E-state index contributed by atoms with van der Waals surface area (Å²) in [6.07, 6.45) is 0. The largest absolute Gasteiger partial charge is 0.378 e. The van der Waals surface area contributed by atoms with Gasteiger partial charge in [-0.15, -0.1) is 10.2 Å². The lowest BCUT2D eigenvalue weighted by Crippen LogP contribution is -2.38. The third-order valence-corrected chi connectivity index (χ3v) is 5.30. The van der Waals surface area contributed by atoms with Gasteiger partial charge in [0.25, 0.3) is 0 Å². The molecule has 5 nitrogen and oxygen atoms in total. The van der Waals surface area contributed by atoms with Crippen LogP contribution in [0, 0.1) is 11.7 Å². The lowest BCUT2D eigenvalue weighted by Gasteiger charge is -2.28. The number of benzene rings is 1. The first kappa shape index (κ1) is 18.2. The number of ether oxygens (including phenoxy) is 1. The molecule has 7 heteroatoms. The van der Waals surface area contributed by atoms with Crippen LogP contribution < -0.4 is 4.90 Å². The molecule has 0 bridgehead atoms. The molecule has 2 aromatic rings. The number of rotatable bonds is 6. The molecule has 1 aliphatic rings. The lowest BCUT2D eigenvalue weighted by atomic mass is 10.2. The van der Waals surface area contributed by atoms with Gasteiger partial charge in [0.2, 0.25) is 5.95 Å². The van der Waals surface area contributed by atoms with Crippen molar-refractivity contribution in [2.75, 3.05) is 31.2 Å². The second kappa shape index (κ2) is 8.19. The number of halogens is 1. The fourth-order valence-electron chi connectivity index (χ4n) is 2.85. The Balaban J connectivity index is 1.82. The van der Waals surface area contributed by atoms with Crippen LogP contribution in [-0.2, 0) is 11.3 Å². The molecule has 25 heavy (non-hydrogen) atoms. The van der Waals surface area contributed by atoms with Crippen LogP contribution in [-0.4, -0.2) is 41.1 Å². The summed E-state index contributed by atoms with van der Waals surface area (Å²) in [6, 6.07) is 6.67. The van der Waals surface area contributed by atoms with Crippen LogP contribution >= 0.6 is 11.8 Å². The number of nitrogens with zero attached hydrogens (tertiary/aromatic N) is 4. The Hall–Kier alpha value is -1.60. The number of thioether (sulfide) groups is 1. The van der Waals surface area contributed by atoms with E-state index in [0.717, 1.165) is 49.5 Å². The van der Waals surface area contributed by atoms with Crippen molar-refractivity contribution in [3.8, 4) is 0 Å². The Morgan fingerprint density at radius 2 is 1.80 bits per heavy atom. The van der Waals surface area contributed by atoms with Gasteiger partial charge in [-0.1, -0.05) is 37.7 Å². The van der Waals surface area contributed by atoms with Gasteiger partial charge in [0.05, 0.1) is 13.2 Å². The number of hydrogen-bond acceptors (Lipinski definition) is 5. The Bertz CT molecular complexity index is 683. The van der Waals surface area contributed by atoms with Crippen LogP contribution in [0.25, 0.3) is 0 Å². The molecule has 1 aliphatic heterocycles. The molecule has 0 radical (unpaired) electrons. The molecule has 0 amide bonds. The van der Waals surface area contributed by atoms with E-state index in [-0.39, 0.29) is 11.1 Å². The average Bonchev–Trinajstić information content (AvgIpc) is 2.98. The second-order valence-electron chi connectivity index (χ2n) is 6.70. The molecular formula is C18H25FN4OS. The molecule has 1 aromatic heterocycles. The van der Waals surface area contributed by atoms with E-state index in [1.165, 1.54) is 12.1 Å². The van der Waals surface area contributed by atoms with Crippen LogP contribution in [0.1, 0.15) is 31.6 Å². The van der Waals surface area contributed by atoms with E-state index in [4.69, 9.17) is 4.74 Å². The van der Waals surface area contributed by atoms with E-state index in [2.05, 4.69) is 40.4 Å². The Morgan fingerprint density at radius 1 is 1.12 bits per heavy atom. The summed E-state index contributed by atoms with van der Waals surface area (Å²) >= 11 is 1.66. The number of hydrogen-bond donors (Lipinski definition) is 0. The predicted octanol–water partition coefficient (Wildman–Crippen LogP) is 3.76. The number of anilines is 1. The molecule has 1 saturated heterocycles. The zero-order chi connectivity index (χ0) is 17.8. The third kappa shape index (κ3) is 4.52. The summed E-state index contributed by atoms with van der Waals surface area (Å²) in [4.78, 5) is 2.24. The average molecular weight is 364 g/mol. The summed E-state index contributed by atoms with van der Waals surface area (Å²) in [7, 11) is 0. The molecular weight excluding hydrogens is 339 g/mol. The Labute approximate surface area is 152 Å². The number of morpholine rings is 1. The maximum atomic E-state index is 13.1. The van der Waals surface area contributed by atoms with E-state index < -0.39 is 0 Å². The van der Waals surface area contributed by atoms with E-state index in [1.807, 2.05) is 12.1 Å². The SMILES string of the molecule is CC(C)Cn1c(S[C@H](C)c2ccc(F)cc2)nnc1N1CCOCC1. The molecule has 0 spiro atoms. The zero-order valence-electron chi connectivity index (χ0n) is 15.0. The monoisotopic (exact) mass is 364 g/mol. The smallest absolute Gasteiger partial charge is 0.228 e. The van der Waals surface area contributed by atoms with Crippen molar-refractivity contribution < 1.29 is 9.13 Å². The van der Waals surface area contributed by atoms with Crippen LogP contribution in [0.5, 0.6) is 0 Å². The number of aromatic nitrogens is 3. The van der Waals surface area contributed by atoms with Gasteiger partial charge in [-0.2, -0.15) is 0 Å². The first-order valence-corrected chi connectivity index (χ1v) is 9.60. The quantitative estimate of drug-likeness (QED) is 0.730. The third-order valence-electron chi connectivity index (χ3n) is 4.16. The highest BCUT2D eigenvalue weighted by Gasteiger charge is 2.22. The van der Waals surface area contributed by atoms with E-state index in [9.17, 15) is 4.39 Å². The summed E-state index contributed by atoms with van der Waals surface area (Å²) < 4.78 is 20.8. The molecule has 0 saturated carbocycles. The van der Waals surface area contributed by atoms with Gasteiger partial charge in [0.15, 0.2) is 5.16 Å². The topological polar surface area (TPSA) is 43.2 Å². The first-order chi connectivity index (χ1) is 12.0. The molecule has 3 rings (SSSR count). The fraction of sp³-hybridized carbons (Fsp3) is 0.556. The summed E-state index contributed by atoms with van der Waals surface area (Å²) in [5, 5.41) is 9.99. The summed E-state index contributed by atoms with van der Waals surface area (Å²) in [6.45, 7) is 10.5. The van der Waals surface area contributed by atoms with Gasteiger partial charge in [0, 0.05) is 24.9 Å². The van der Waals surface area contributed by atoms with Crippen molar-refractivity contribution in [2.45, 2.75) is 37.7 Å². The maximum absolute atomic E-state index is 13.1. The minimum Gasteiger partial charge on any atom is -0.378 e. The van der Waals surface area contributed by atoms with Crippen molar-refractivity contribution in [3.63, 3.8) is 0 Å². The Kier molecular flexibility index (Phi) is 5.96. The van der Waals surface area contributed by atoms with E-state index in [1.54, 1.807) is 11.8 Å². The van der Waals surface area contributed by atoms with Gasteiger partial charge in [-0.3, -0.25) is 4.57 Å². The van der Waals surface area contributed by atoms with Gasteiger partial charge in [-0.25, -0.2) is 4.39 Å². The van der Waals surface area contributed by atoms with Gasteiger partial charge < -0.3 is 9.64 Å². The molecule has 0 N–H and O–H groups in total. The van der Waals surface area contributed by atoms with E-state index in [0.29, 0.717) is 5.92 Å². The van der Waals surface area contributed by atoms with Gasteiger partial charge in [-0.05, 0) is 30.5 Å². The summed E-state index contributed by atoms with van der Waals surface area (Å²) in [5.41, 5.74) is 1.08. The highest BCUT2D eigenvalue weighted by Crippen LogP contribution is 2.35. The first-order valence-electron chi connectivity index (χ1n) is 8.72. The fourth-order valence-corrected chi connectivity index (χ4v) is 3.83. The molecule has 2 heterocycles. The highest BCUT2D eigenvalue weighted by molar-refractivity contribution is 7.99. The predicted molar refractivity (Wildman–Crippen MR) is 98.6 cm³/mol. The minimum absolute atomic E-state index is 0.174. The second-order valence-corrected chi connectivity index (χ2v) is 8.01. The van der Waals surface area contributed by atoms with Crippen LogP contribution in [0.3, 0.4) is 0 Å². The lowest BCUT2D eigenvalue weighted by molar-refractivity contribution is 0.121. The van der Waals surface area contributed by atoms with Crippen LogP contribution in [0.15, 0.2) is 29.4 Å². The normalized spacial score (nSPS) is 16.4. The Morgan fingerprint density at radius 3 is 2.44 bits per heavy atom. The van der Waals surface area contributed by atoms with Crippen molar-refractivity contribution in [1.82, 2.24) is 14.8 Å². The standard InChI is InChI=1S/C18H25FN4OS/c1-13(2)12-23-17(22-8-10-24-11-9-22)20-21-18(23)25-14(3)15-4-6-16(19)7-5-15/h4-7,13-14H,8-12H2,1-3H3/t14-/m1/s1. The minimum atomic E-state index is -0.210. The van der Waals surface area contributed by atoms with Crippen molar-refractivity contribution in [2.24, 2.45) is 5.92 Å².